The summed E-state index contributed by atoms with van der Waals surface area (Å²) in [6, 6.07) is 8.71. The molecule has 0 nitrogen and oxygen atoms in total. The summed E-state index contributed by atoms with van der Waals surface area (Å²) in [6.45, 7) is 4.42. The molecule has 0 heterocycles. The van der Waals surface area contributed by atoms with E-state index in [4.69, 9.17) is 0 Å². The Balaban J connectivity index is 2.82. The second-order valence-electron chi connectivity index (χ2n) is 3.02. The molecule has 0 aliphatic carbocycles. The first-order valence-corrected chi connectivity index (χ1v) is 6.00. The van der Waals surface area contributed by atoms with Gasteiger partial charge in [0.1, 0.15) is 0 Å². The first-order chi connectivity index (χ1) is 5.61. The second kappa shape index (κ2) is 4.61. The van der Waals surface area contributed by atoms with E-state index in [-0.39, 0.29) is 0 Å². The molecule has 0 fully saturated rings. The number of benzene rings is 1. The minimum absolute atomic E-state index is 0.539. The molecule has 0 saturated heterocycles. The Hall–Kier alpha value is 0.430. The number of alkyl halides is 1. The first kappa shape index (κ1) is 10.5. The summed E-state index contributed by atoms with van der Waals surface area (Å²) in [5.74, 6) is 0.585. The molecular weight excluding hydrogens is 327 g/mol. The normalized spacial score (nSPS) is 15.7. The van der Waals surface area contributed by atoms with Gasteiger partial charge in [0, 0.05) is 8.40 Å². The van der Waals surface area contributed by atoms with Crippen molar-refractivity contribution in [2.45, 2.75) is 24.6 Å². The average molecular weight is 339 g/mol. The Labute approximate surface area is 96.0 Å². The fraction of sp³-hybridized carbons (Fsp3) is 0.400. The van der Waals surface area contributed by atoms with Gasteiger partial charge in [-0.15, -0.1) is 0 Å². The van der Waals surface area contributed by atoms with Crippen LogP contribution in [0.4, 0.5) is 0 Å². The highest BCUT2D eigenvalue weighted by Gasteiger charge is 2.10. The fourth-order valence-corrected chi connectivity index (χ4v) is 1.70. The van der Waals surface area contributed by atoms with Crippen LogP contribution in [0.15, 0.2) is 24.3 Å². The molecule has 2 heteroatoms. The number of hydrogen-bond acceptors (Lipinski definition) is 0. The maximum Gasteiger partial charge on any atom is 0.0183 e. The zero-order chi connectivity index (χ0) is 9.14. The molecule has 2 unspecified atom stereocenters. The molecule has 0 amide bonds. The Morgan fingerprint density at radius 3 is 2.08 bits per heavy atom. The van der Waals surface area contributed by atoms with Crippen LogP contribution in [-0.2, 0) is 0 Å². The van der Waals surface area contributed by atoms with Crippen LogP contribution >= 0.6 is 38.5 Å². The lowest BCUT2D eigenvalue weighted by molar-refractivity contribution is 0.761. The third kappa shape index (κ3) is 2.73. The van der Waals surface area contributed by atoms with E-state index in [9.17, 15) is 0 Å². The SMILES string of the molecule is CC(Br)C(C)c1ccc(I)cc1. The Morgan fingerprint density at radius 2 is 1.67 bits per heavy atom. The molecule has 1 aromatic carbocycles. The van der Waals surface area contributed by atoms with E-state index >= 15 is 0 Å². The molecule has 2 atom stereocenters. The molecule has 0 aliphatic heterocycles. The van der Waals surface area contributed by atoms with Gasteiger partial charge in [-0.1, -0.05) is 41.9 Å². The van der Waals surface area contributed by atoms with E-state index in [1.165, 1.54) is 9.13 Å². The summed E-state index contributed by atoms with van der Waals surface area (Å²) in [6.07, 6.45) is 0. The summed E-state index contributed by atoms with van der Waals surface area (Å²) in [4.78, 5) is 0.539. The lowest BCUT2D eigenvalue weighted by Crippen LogP contribution is -2.03. The molecule has 0 aromatic heterocycles. The standard InChI is InChI=1S/C10H12BrI/c1-7(8(2)11)9-3-5-10(12)6-4-9/h3-8H,1-2H3. The van der Waals surface area contributed by atoms with Crippen molar-refractivity contribution in [3.05, 3.63) is 33.4 Å². The molecule has 1 aromatic rings. The summed E-state index contributed by atoms with van der Waals surface area (Å²) in [5.41, 5.74) is 1.40. The average Bonchev–Trinajstić information content (AvgIpc) is 2.04. The minimum Gasteiger partial charge on any atom is -0.0887 e. The lowest BCUT2D eigenvalue weighted by atomic mass is 9.99. The number of halogens is 2. The van der Waals surface area contributed by atoms with Crippen molar-refractivity contribution in [1.29, 1.82) is 0 Å². The summed E-state index contributed by atoms with van der Waals surface area (Å²) >= 11 is 5.92. The van der Waals surface area contributed by atoms with Crippen molar-refractivity contribution in [3.8, 4) is 0 Å². The van der Waals surface area contributed by atoms with Crippen molar-refractivity contribution in [3.63, 3.8) is 0 Å². The molecule has 0 N–H and O–H groups in total. The van der Waals surface area contributed by atoms with Gasteiger partial charge in [-0.2, -0.15) is 0 Å². The van der Waals surface area contributed by atoms with Gasteiger partial charge < -0.3 is 0 Å². The summed E-state index contributed by atoms with van der Waals surface area (Å²) in [7, 11) is 0. The smallest absolute Gasteiger partial charge is 0.0183 e. The third-order valence-corrected chi connectivity index (χ3v) is 3.60. The quantitative estimate of drug-likeness (QED) is 0.560. The maximum absolute atomic E-state index is 3.59. The Morgan fingerprint density at radius 1 is 1.17 bits per heavy atom. The molecule has 0 aliphatic rings. The van der Waals surface area contributed by atoms with Crippen molar-refractivity contribution in [1.82, 2.24) is 0 Å². The minimum atomic E-state index is 0.539. The van der Waals surface area contributed by atoms with Crippen LogP contribution in [-0.4, -0.2) is 4.83 Å². The second-order valence-corrected chi connectivity index (χ2v) is 5.71. The van der Waals surface area contributed by atoms with Gasteiger partial charge in [0.2, 0.25) is 0 Å². The van der Waals surface area contributed by atoms with E-state index in [1.54, 1.807) is 0 Å². The van der Waals surface area contributed by atoms with E-state index in [1.807, 2.05) is 0 Å². The predicted octanol–water partition coefficient (Wildman–Crippen LogP) is 4.18. The summed E-state index contributed by atoms with van der Waals surface area (Å²) in [5, 5.41) is 0. The van der Waals surface area contributed by atoms with Crippen LogP contribution in [0.3, 0.4) is 0 Å². The van der Waals surface area contributed by atoms with E-state index < -0.39 is 0 Å². The molecule has 0 bridgehead atoms. The Bertz CT molecular complexity index is 241. The molecule has 0 radical (unpaired) electrons. The van der Waals surface area contributed by atoms with Crippen LogP contribution in [0.25, 0.3) is 0 Å². The highest BCUT2D eigenvalue weighted by molar-refractivity contribution is 14.1. The molecule has 66 valence electrons. The van der Waals surface area contributed by atoms with Crippen LogP contribution in [0.2, 0.25) is 0 Å². The fourth-order valence-electron chi connectivity index (χ4n) is 1.03. The van der Waals surface area contributed by atoms with Gasteiger partial charge in [-0.25, -0.2) is 0 Å². The molecular formula is C10H12BrI. The third-order valence-electron chi connectivity index (χ3n) is 2.08. The molecule has 12 heavy (non-hydrogen) atoms. The highest BCUT2D eigenvalue weighted by atomic mass is 127. The predicted molar refractivity (Wildman–Crippen MR) is 66.0 cm³/mol. The van der Waals surface area contributed by atoms with Crippen molar-refractivity contribution >= 4 is 38.5 Å². The lowest BCUT2D eigenvalue weighted by Gasteiger charge is -2.14. The van der Waals surface area contributed by atoms with E-state index in [0.29, 0.717) is 10.7 Å². The van der Waals surface area contributed by atoms with Gasteiger partial charge in [0.15, 0.2) is 0 Å². The van der Waals surface area contributed by atoms with Crippen LogP contribution in [0, 0.1) is 3.57 Å². The van der Waals surface area contributed by atoms with Gasteiger partial charge >= 0.3 is 0 Å². The highest BCUT2D eigenvalue weighted by Crippen LogP contribution is 2.24. The monoisotopic (exact) mass is 338 g/mol. The molecule has 1 rings (SSSR count). The van der Waals surface area contributed by atoms with Crippen molar-refractivity contribution < 1.29 is 0 Å². The zero-order valence-electron chi connectivity index (χ0n) is 7.22. The Kier molecular flexibility index (Phi) is 4.03. The topological polar surface area (TPSA) is 0 Å². The van der Waals surface area contributed by atoms with Crippen molar-refractivity contribution in [2.75, 3.05) is 0 Å². The maximum atomic E-state index is 3.59. The summed E-state index contributed by atoms with van der Waals surface area (Å²) < 4.78 is 1.30. The number of hydrogen-bond donors (Lipinski definition) is 0. The van der Waals surface area contributed by atoms with Gasteiger partial charge in [-0.05, 0) is 46.2 Å². The van der Waals surface area contributed by atoms with Crippen LogP contribution in [0.5, 0.6) is 0 Å². The zero-order valence-corrected chi connectivity index (χ0v) is 11.0. The van der Waals surface area contributed by atoms with Gasteiger partial charge in [-0.3, -0.25) is 0 Å². The van der Waals surface area contributed by atoms with Crippen LogP contribution < -0.4 is 0 Å². The number of rotatable bonds is 2. The first-order valence-electron chi connectivity index (χ1n) is 4.01. The largest absolute Gasteiger partial charge is 0.0887 e. The van der Waals surface area contributed by atoms with E-state index in [2.05, 4.69) is 76.6 Å². The molecule has 0 spiro atoms. The van der Waals surface area contributed by atoms with Crippen molar-refractivity contribution in [2.24, 2.45) is 0 Å². The van der Waals surface area contributed by atoms with Gasteiger partial charge in [0.05, 0.1) is 0 Å². The van der Waals surface area contributed by atoms with Gasteiger partial charge in [0.25, 0.3) is 0 Å². The molecule has 0 saturated carbocycles. The van der Waals surface area contributed by atoms with E-state index in [0.717, 1.165) is 0 Å². The van der Waals surface area contributed by atoms with Crippen LogP contribution in [0.1, 0.15) is 25.3 Å².